The molecule has 0 aromatic heterocycles. The van der Waals surface area contributed by atoms with E-state index in [2.05, 4.69) is 17.5 Å². The standard InChI is InChI=1S/C10H22N2OS/c1-8(10(11)13)6-9(4-5-14)7-12(2)3/h8-9,14H,4-7H2,1-3H3,(H2,11,13). The largest absolute Gasteiger partial charge is 0.369 e. The van der Waals surface area contributed by atoms with Gasteiger partial charge in [0.2, 0.25) is 5.91 Å². The number of thiol groups is 1. The quantitative estimate of drug-likeness (QED) is 0.626. The van der Waals surface area contributed by atoms with Crippen molar-refractivity contribution < 1.29 is 4.79 Å². The van der Waals surface area contributed by atoms with E-state index in [0.29, 0.717) is 5.92 Å². The molecule has 0 radical (unpaired) electrons. The monoisotopic (exact) mass is 218 g/mol. The molecule has 0 saturated heterocycles. The Hall–Kier alpha value is -0.220. The van der Waals surface area contributed by atoms with Gasteiger partial charge in [-0.1, -0.05) is 6.92 Å². The summed E-state index contributed by atoms with van der Waals surface area (Å²) in [5.74, 6) is 1.15. The summed E-state index contributed by atoms with van der Waals surface area (Å²) in [7, 11) is 4.08. The number of rotatable bonds is 7. The third-order valence-electron chi connectivity index (χ3n) is 2.33. The summed E-state index contributed by atoms with van der Waals surface area (Å²) in [6, 6.07) is 0. The molecule has 0 aromatic rings. The first kappa shape index (κ1) is 13.8. The smallest absolute Gasteiger partial charge is 0.220 e. The second-order valence-electron chi connectivity index (χ2n) is 4.18. The summed E-state index contributed by atoms with van der Waals surface area (Å²) in [6.45, 7) is 2.89. The first-order chi connectivity index (χ1) is 6.47. The first-order valence-electron chi connectivity index (χ1n) is 5.02. The molecular weight excluding hydrogens is 196 g/mol. The van der Waals surface area contributed by atoms with Crippen LogP contribution in [0.5, 0.6) is 0 Å². The lowest BCUT2D eigenvalue weighted by Crippen LogP contribution is -2.28. The van der Waals surface area contributed by atoms with E-state index < -0.39 is 0 Å². The van der Waals surface area contributed by atoms with Crippen LogP contribution in [0.4, 0.5) is 0 Å². The fraction of sp³-hybridized carbons (Fsp3) is 0.900. The van der Waals surface area contributed by atoms with Crippen molar-refractivity contribution in [2.45, 2.75) is 19.8 Å². The SMILES string of the molecule is CC(CC(CCS)CN(C)C)C(N)=O. The molecule has 14 heavy (non-hydrogen) atoms. The van der Waals surface area contributed by atoms with Gasteiger partial charge in [0.15, 0.2) is 0 Å². The van der Waals surface area contributed by atoms with Crippen LogP contribution in [0.2, 0.25) is 0 Å². The van der Waals surface area contributed by atoms with Gasteiger partial charge in [-0.05, 0) is 38.6 Å². The van der Waals surface area contributed by atoms with Crippen LogP contribution >= 0.6 is 12.6 Å². The Morgan fingerprint density at radius 1 is 1.50 bits per heavy atom. The number of amides is 1. The topological polar surface area (TPSA) is 46.3 Å². The second kappa shape index (κ2) is 7.12. The Kier molecular flexibility index (Phi) is 7.01. The van der Waals surface area contributed by atoms with Gasteiger partial charge in [0, 0.05) is 12.5 Å². The summed E-state index contributed by atoms with van der Waals surface area (Å²) in [5, 5.41) is 0. The molecule has 3 nitrogen and oxygen atoms in total. The van der Waals surface area contributed by atoms with Gasteiger partial charge in [-0.25, -0.2) is 0 Å². The lowest BCUT2D eigenvalue weighted by molar-refractivity contribution is -0.121. The number of carbonyl (C=O) groups is 1. The minimum Gasteiger partial charge on any atom is -0.369 e. The van der Waals surface area contributed by atoms with Gasteiger partial charge >= 0.3 is 0 Å². The Balaban J connectivity index is 4.01. The van der Waals surface area contributed by atoms with E-state index in [1.54, 1.807) is 0 Å². The summed E-state index contributed by atoms with van der Waals surface area (Å²) in [5.41, 5.74) is 5.24. The molecule has 0 aromatic carbocycles. The number of carbonyl (C=O) groups excluding carboxylic acids is 1. The zero-order valence-electron chi connectivity index (χ0n) is 9.36. The molecule has 0 saturated carbocycles. The van der Waals surface area contributed by atoms with E-state index in [1.165, 1.54) is 0 Å². The molecule has 4 heteroatoms. The third kappa shape index (κ3) is 6.27. The normalized spacial score (nSPS) is 15.5. The second-order valence-corrected chi connectivity index (χ2v) is 4.63. The fourth-order valence-corrected chi connectivity index (χ4v) is 1.96. The molecule has 2 unspecified atom stereocenters. The predicted octanol–water partition coefficient (Wildman–Crippen LogP) is 0.996. The highest BCUT2D eigenvalue weighted by atomic mass is 32.1. The predicted molar refractivity (Wildman–Crippen MR) is 63.5 cm³/mol. The molecule has 0 spiro atoms. The van der Waals surface area contributed by atoms with Crippen molar-refractivity contribution in [3.63, 3.8) is 0 Å². The van der Waals surface area contributed by atoms with Gasteiger partial charge in [0.05, 0.1) is 0 Å². The maximum atomic E-state index is 10.9. The maximum Gasteiger partial charge on any atom is 0.220 e. The Morgan fingerprint density at radius 3 is 2.43 bits per heavy atom. The van der Waals surface area contributed by atoms with E-state index in [4.69, 9.17) is 5.73 Å². The maximum absolute atomic E-state index is 10.9. The zero-order chi connectivity index (χ0) is 11.1. The molecule has 2 N–H and O–H groups in total. The van der Waals surface area contributed by atoms with Crippen molar-refractivity contribution in [1.29, 1.82) is 0 Å². The van der Waals surface area contributed by atoms with Gasteiger partial charge in [-0.3, -0.25) is 4.79 Å². The number of hydrogen-bond donors (Lipinski definition) is 2. The van der Waals surface area contributed by atoms with Crippen molar-refractivity contribution in [3.8, 4) is 0 Å². The van der Waals surface area contributed by atoms with Crippen LogP contribution in [0, 0.1) is 11.8 Å². The number of nitrogens with zero attached hydrogens (tertiary/aromatic N) is 1. The molecule has 84 valence electrons. The van der Waals surface area contributed by atoms with Crippen LogP contribution in [0.3, 0.4) is 0 Å². The Labute approximate surface area is 92.4 Å². The summed E-state index contributed by atoms with van der Waals surface area (Å²) >= 11 is 4.22. The Bertz CT molecular complexity index is 174. The van der Waals surface area contributed by atoms with Crippen molar-refractivity contribution in [2.24, 2.45) is 17.6 Å². The van der Waals surface area contributed by atoms with Crippen molar-refractivity contribution in [2.75, 3.05) is 26.4 Å². The van der Waals surface area contributed by atoms with E-state index in [0.717, 1.165) is 25.1 Å². The average Bonchev–Trinajstić information content (AvgIpc) is 2.02. The summed E-state index contributed by atoms with van der Waals surface area (Å²) in [4.78, 5) is 13.1. The van der Waals surface area contributed by atoms with E-state index >= 15 is 0 Å². The molecule has 0 heterocycles. The van der Waals surface area contributed by atoms with Gasteiger partial charge in [0.1, 0.15) is 0 Å². The van der Waals surface area contributed by atoms with Crippen LogP contribution in [0.1, 0.15) is 19.8 Å². The van der Waals surface area contributed by atoms with Crippen molar-refractivity contribution in [1.82, 2.24) is 4.90 Å². The molecule has 0 aliphatic rings. The number of hydrogen-bond acceptors (Lipinski definition) is 3. The highest BCUT2D eigenvalue weighted by Gasteiger charge is 2.16. The number of primary amides is 1. The van der Waals surface area contributed by atoms with Crippen LogP contribution in [-0.4, -0.2) is 37.2 Å². The van der Waals surface area contributed by atoms with Crippen LogP contribution < -0.4 is 5.73 Å². The van der Waals surface area contributed by atoms with Gasteiger partial charge in [-0.15, -0.1) is 0 Å². The fourth-order valence-electron chi connectivity index (χ4n) is 1.60. The molecule has 1 amide bonds. The molecule has 0 aliphatic carbocycles. The molecule has 0 rings (SSSR count). The molecule has 0 fully saturated rings. The van der Waals surface area contributed by atoms with Gasteiger partial charge in [-0.2, -0.15) is 12.6 Å². The highest BCUT2D eigenvalue weighted by Crippen LogP contribution is 2.16. The summed E-state index contributed by atoms with van der Waals surface area (Å²) in [6.07, 6.45) is 1.91. The molecule has 0 bridgehead atoms. The lowest BCUT2D eigenvalue weighted by atomic mass is 9.93. The third-order valence-corrected chi connectivity index (χ3v) is 2.59. The zero-order valence-corrected chi connectivity index (χ0v) is 10.3. The first-order valence-corrected chi connectivity index (χ1v) is 5.65. The van der Waals surface area contributed by atoms with Gasteiger partial charge in [0.25, 0.3) is 0 Å². The minimum absolute atomic E-state index is 0.0279. The number of nitrogens with two attached hydrogens (primary N) is 1. The van der Waals surface area contributed by atoms with E-state index in [1.807, 2.05) is 21.0 Å². The minimum atomic E-state index is -0.201. The molecule has 0 aliphatic heterocycles. The molecule has 2 atom stereocenters. The Morgan fingerprint density at radius 2 is 2.07 bits per heavy atom. The van der Waals surface area contributed by atoms with Crippen molar-refractivity contribution >= 4 is 18.5 Å². The van der Waals surface area contributed by atoms with Crippen LogP contribution in [0.25, 0.3) is 0 Å². The van der Waals surface area contributed by atoms with Gasteiger partial charge < -0.3 is 10.6 Å². The van der Waals surface area contributed by atoms with Crippen molar-refractivity contribution in [3.05, 3.63) is 0 Å². The summed E-state index contributed by atoms with van der Waals surface area (Å²) < 4.78 is 0. The average molecular weight is 218 g/mol. The van der Waals surface area contributed by atoms with E-state index in [-0.39, 0.29) is 11.8 Å². The highest BCUT2D eigenvalue weighted by molar-refractivity contribution is 7.80. The lowest BCUT2D eigenvalue weighted by Gasteiger charge is -2.22. The van der Waals surface area contributed by atoms with Crippen LogP contribution in [0.15, 0.2) is 0 Å². The van der Waals surface area contributed by atoms with Crippen LogP contribution in [-0.2, 0) is 4.79 Å². The molecular formula is C10H22N2OS. The van der Waals surface area contributed by atoms with E-state index in [9.17, 15) is 4.79 Å².